The Balaban J connectivity index is 3.44. The summed E-state index contributed by atoms with van der Waals surface area (Å²) in [4.78, 5) is 0. The van der Waals surface area contributed by atoms with E-state index >= 15 is 0 Å². The Labute approximate surface area is 76.7 Å². The van der Waals surface area contributed by atoms with Crippen LogP contribution < -0.4 is 0 Å². The standard InChI is InChI=1S/2C4H9O.Al/c2*1-4(2,3)5;/h2*1-3H3;/q2*-1;+1. The van der Waals surface area contributed by atoms with E-state index in [9.17, 15) is 0 Å². The molecule has 0 N–H and O–H groups in total. The van der Waals surface area contributed by atoms with Crippen LogP contribution in [0.15, 0.2) is 0 Å². The summed E-state index contributed by atoms with van der Waals surface area (Å²) in [5.74, 6) is 0. The minimum atomic E-state index is -0.331. The van der Waals surface area contributed by atoms with Crippen molar-refractivity contribution in [3.8, 4) is 0 Å². The predicted molar refractivity (Wildman–Crippen MR) is 47.4 cm³/mol. The summed E-state index contributed by atoms with van der Waals surface area (Å²) >= 11 is -0.331. The van der Waals surface area contributed by atoms with Gasteiger partial charge in [0.25, 0.3) is 0 Å². The highest BCUT2D eigenvalue weighted by Gasteiger charge is 2.05. The lowest BCUT2D eigenvalue weighted by Crippen LogP contribution is -2.29. The topological polar surface area (TPSA) is 18.5 Å². The molecule has 0 fully saturated rings. The van der Waals surface area contributed by atoms with Crippen LogP contribution in [0.2, 0.25) is 0 Å². The van der Waals surface area contributed by atoms with Gasteiger partial charge in [0.2, 0.25) is 0 Å². The zero-order valence-electron chi connectivity index (χ0n) is 8.39. The monoisotopic (exact) mass is 173 g/mol. The van der Waals surface area contributed by atoms with Gasteiger partial charge < -0.3 is 7.58 Å². The van der Waals surface area contributed by atoms with E-state index in [0.29, 0.717) is 0 Å². The third-order valence-electron chi connectivity index (χ3n) is 0.803. The average molecular weight is 173 g/mol. The summed E-state index contributed by atoms with van der Waals surface area (Å²) in [7, 11) is 0. The molecule has 0 aromatic carbocycles. The van der Waals surface area contributed by atoms with E-state index in [1.807, 2.05) is 41.5 Å². The Morgan fingerprint density at radius 2 is 1.00 bits per heavy atom. The van der Waals surface area contributed by atoms with Crippen LogP contribution in [0.5, 0.6) is 0 Å². The summed E-state index contributed by atoms with van der Waals surface area (Å²) in [6.45, 7) is 12.2. The van der Waals surface area contributed by atoms with Gasteiger partial charge in [-0.15, -0.1) is 0 Å². The average Bonchev–Trinajstić information content (AvgIpc) is 1.55. The molecule has 0 aromatic rings. The lowest BCUT2D eigenvalue weighted by molar-refractivity contribution is 0.0511. The maximum absolute atomic E-state index is 5.47. The number of hydrogen-bond acceptors (Lipinski definition) is 2. The molecule has 0 aliphatic rings. The van der Waals surface area contributed by atoms with Gasteiger partial charge in [-0.3, -0.25) is 0 Å². The van der Waals surface area contributed by atoms with Crippen molar-refractivity contribution in [2.24, 2.45) is 0 Å². The Morgan fingerprint density at radius 1 is 0.727 bits per heavy atom. The zero-order chi connectivity index (χ0) is 9.12. The summed E-state index contributed by atoms with van der Waals surface area (Å²) in [5.41, 5.74) is -0.138. The van der Waals surface area contributed by atoms with Gasteiger partial charge in [0.05, 0.1) is 0 Å². The van der Waals surface area contributed by atoms with Crippen molar-refractivity contribution in [2.45, 2.75) is 52.7 Å². The predicted octanol–water partition coefficient (Wildman–Crippen LogP) is 2.15. The Hall–Kier alpha value is 0.452. The molecule has 0 aliphatic heterocycles. The summed E-state index contributed by atoms with van der Waals surface area (Å²) < 4.78 is 10.9. The second-order valence-electron chi connectivity index (χ2n) is 4.56. The lowest BCUT2D eigenvalue weighted by atomic mass is 10.2. The summed E-state index contributed by atoms with van der Waals surface area (Å²) in [6, 6.07) is 0. The second-order valence-corrected chi connectivity index (χ2v) is 5.22. The third-order valence-corrected chi connectivity index (χ3v) is 2.41. The molecule has 0 bridgehead atoms. The van der Waals surface area contributed by atoms with Crippen LogP contribution in [0.25, 0.3) is 0 Å². The molecule has 0 aliphatic carbocycles. The van der Waals surface area contributed by atoms with Gasteiger partial charge >= 0.3 is 0 Å². The number of hydrogen-bond donors (Lipinski definition) is 0. The first-order valence-electron chi connectivity index (χ1n) is 3.88. The van der Waals surface area contributed by atoms with Crippen molar-refractivity contribution in [2.75, 3.05) is 0 Å². The van der Waals surface area contributed by atoms with Crippen molar-refractivity contribution in [3.05, 3.63) is 0 Å². The fourth-order valence-corrected chi connectivity index (χ4v) is 0.938. The van der Waals surface area contributed by atoms with Gasteiger partial charge in [-0.25, -0.2) is 0 Å². The Bertz CT molecular complexity index is 96.2. The highest BCUT2D eigenvalue weighted by Crippen LogP contribution is 2.09. The highest BCUT2D eigenvalue weighted by atomic mass is 27.2. The molecule has 0 heterocycles. The van der Waals surface area contributed by atoms with Crippen molar-refractivity contribution in [1.29, 1.82) is 0 Å². The van der Waals surface area contributed by atoms with E-state index in [0.717, 1.165) is 0 Å². The molecule has 0 unspecified atom stereocenters. The summed E-state index contributed by atoms with van der Waals surface area (Å²) in [6.07, 6.45) is 0. The van der Waals surface area contributed by atoms with Gasteiger partial charge in [0, 0.05) is 0 Å². The van der Waals surface area contributed by atoms with E-state index in [1.54, 1.807) is 0 Å². The molecule has 2 radical (unpaired) electrons. The van der Waals surface area contributed by atoms with Crippen LogP contribution >= 0.6 is 0 Å². The Morgan fingerprint density at radius 3 is 1.18 bits per heavy atom. The van der Waals surface area contributed by atoms with E-state index in [1.165, 1.54) is 0 Å². The third kappa shape index (κ3) is 10.5. The fourth-order valence-electron chi connectivity index (χ4n) is 0.313. The van der Waals surface area contributed by atoms with Gasteiger partial charge in [0.15, 0.2) is 0 Å². The van der Waals surface area contributed by atoms with Crippen LogP contribution in [-0.4, -0.2) is 27.1 Å². The van der Waals surface area contributed by atoms with E-state index < -0.39 is 0 Å². The molecular formula is C8H18AlO2-. The SMILES string of the molecule is CC(C)(C)[O][Al-][O]C(C)(C)C. The van der Waals surface area contributed by atoms with E-state index in [-0.39, 0.29) is 27.1 Å². The normalized spacial score (nSPS) is 13.6. The van der Waals surface area contributed by atoms with Crippen molar-refractivity contribution in [1.82, 2.24) is 0 Å². The van der Waals surface area contributed by atoms with Crippen molar-refractivity contribution < 1.29 is 7.58 Å². The van der Waals surface area contributed by atoms with Gasteiger partial charge in [0.1, 0.15) is 15.9 Å². The lowest BCUT2D eigenvalue weighted by Gasteiger charge is -2.38. The quantitative estimate of drug-likeness (QED) is 0.596. The fraction of sp³-hybridized carbons (Fsp3) is 1.00. The molecule has 0 aromatic heterocycles. The molecule has 2 nitrogen and oxygen atoms in total. The first-order valence-corrected chi connectivity index (χ1v) is 4.82. The molecule has 66 valence electrons. The van der Waals surface area contributed by atoms with Crippen LogP contribution in [0, 0.1) is 0 Å². The second kappa shape index (κ2) is 3.91. The first-order chi connectivity index (χ1) is 4.71. The minimum Gasteiger partial charge on any atom is -0.675 e. The molecule has 0 saturated carbocycles. The van der Waals surface area contributed by atoms with Crippen LogP contribution in [0.1, 0.15) is 41.5 Å². The Kier molecular flexibility index (Phi) is 4.07. The molecule has 0 saturated heterocycles. The van der Waals surface area contributed by atoms with E-state index in [2.05, 4.69) is 0 Å². The first kappa shape index (κ1) is 11.5. The molecule has 0 atom stereocenters. The minimum absolute atomic E-state index is 0.0689. The maximum Gasteiger partial charge on any atom is 0.136 e. The highest BCUT2D eigenvalue weighted by molar-refractivity contribution is 6.18. The molecule has 0 amide bonds. The van der Waals surface area contributed by atoms with Crippen molar-refractivity contribution in [3.63, 3.8) is 0 Å². The molecule has 11 heavy (non-hydrogen) atoms. The largest absolute Gasteiger partial charge is 0.675 e. The van der Waals surface area contributed by atoms with Crippen LogP contribution in [0.3, 0.4) is 0 Å². The van der Waals surface area contributed by atoms with Crippen LogP contribution in [-0.2, 0) is 7.58 Å². The molecule has 0 spiro atoms. The maximum atomic E-state index is 5.47. The van der Waals surface area contributed by atoms with Gasteiger partial charge in [-0.2, -0.15) is 0 Å². The van der Waals surface area contributed by atoms with Crippen molar-refractivity contribution >= 4 is 15.9 Å². The van der Waals surface area contributed by atoms with Crippen LogP contribution in [0.4, 0.5) is 0 Å². The van der Waals surface area contributed by atoms with Gasteiger partial charge in [-0.1, -0.05) is 0 Å². The molecular weight excluding hydrogens is 155 g/mol. The smallest absolute Gasteiger partial charge is 0.136 e. The van der Waals surface area contributed by atoms with Gasteiger partial charge in [-0.05, 0) is 52.7 Å². The van der Waals surface area contributed by atoms with E-state index in [4.69, 9.17) is 7.58 Å². The zero-order valence-corrected chi connectivity index (χ0v) is 9.55. The molecule has 3 heteroatoms. The number of rotatable bonds is 2. The summed E-state index contributed by atoms with van der Waals surface area (Å²) in [5, 5.41) is 0. The molecule has 0 rings (SSSR count).